The van der Waals surface area contributed by atoms with E-state index in [0.29, 0.717) is 0 Å². The molecule has 0 spiro atoms. The summed E-state index contributed by atoms with van der Waals surface area (Å²) < 4.78 is 3.01. The number of aromatic nitrogens is 3. The Bertz CT molecular complexity index is 440. The second-order valence-electron chi connectivity index (χ2n) is 2.40. The Labute approximate surface area is 62.7 Å². The first-order chi connectivity index (χ1) is 5.29. The number of hydrogen-bond acceptors (Lipinski definition) is 2. The van der Waals surface area contributed by atoms with E-state index in [2.05, 4.69) is 4.98 Å². The van der Waals surface area contributed by atoms with Crippen molar-refractivity contribution in [3.63, 3.8) is 0 Å². The van der Waals surface area contributed by atoms with E-state index in [0.717, 1.165) is 5.52 Å². The fourth-order valence-corrected chi connectivity index (χ4v) is 1.01. The van der Waals surface area contributed by atoms with Crippen LogP contribution in [-0.4, -0.2) is 14.0 Å². The van der Waals surface area contributed by atoms with Crippen LogP contribution in [0, 0.1) is 0 Å². The van der Waals surface area contributed by atoms with Crippen LogP contribution in [-0.2, 0) is 7.05 Å². The molecule has 56 valence electrons. The van der Waals surface area contributed by atoms with Crippen LogP contribution in [0.3, 0.4) is 0 Å². The van der Waals surface area contributed by atoms with Gasteiger partial charge in [0.1, 0.15) is 6.33 Å². The number of hydrogen-bond donors (Lipinski definition) is 0. The number of nitrogens with zero attached hydrogens (tertiary/aromatic N) is 3. The second kappa shape index (κ2) is 1.95. The average molecular weight is 149 g/mol. The smallest absolute Gasteiger partial charge is 0.303 e. The van der Waals surface area contributed by atoms with Crippen molar-refractivity contribution in [3.8, 4) is 0 Å². The minimum absolute atomic E-state index is 0.0694. The van der Waals surface area contributed by atoms with E-state index in [-0.39, 0.29) is 5.69 Å². The van der Waals surface area contributed by atoms with Crippen molar-refractivity contribution in [3.05, 3.63) is 35.3 Å². The van der Waals surface area contributed by atoms with Crippen molar-refractivity contribution < 1.29 is 0 Å². The van der Waals surface area contributed by atoms with Gasteiger partial charge in [-0.15, -0.1) is 0 Å². The van der Waals surface area contributed by atoms with Crippen LogP contribution in [0.4, 0.5) is 0 Å². The van der Waals surface area contributed by atoms with Gasteiger partial charge in [-0.2, -0.15) is 0 Å². The first kappa shape index (κ1) is 6.15. The summed E-state index contributed by atoms with van der Waals surface area (Å²) in [5.74, 6) is 0. The van der Waals surface area contributed by atoms with Gasteiger partial charge in [0.15, 0.2) is 0 Å². The second-order valence-corrected chi connectivity index (χ2v) is 2.40. The summed E-state index contributed by atoms with van der Waals surface area (Å²) in [5, 5.41) is 0. The third kappa shape index (κ3) is 0.756. The highest BCUT2D eigenvalue weighted by atomic mass is 16.1. The van der Waals surface area contributed by atoms with Crippen molar-refractivity contribution >= 4 is 5.52 Å². The van der Waals surface area contributed by atoms with Gasteiger partial charge in [-0.25, -0.2) is 9.78 Å². The molecule has 0 saturated carbocycles. The molecule has 2 heterocycles. The number of aryl methyl sites for hydroxylation is 1. The van der Waals surface area contributed by atoms with Crippen molar-refractivity contribution in [1.82, 2.24) is 14.0 Å². The standard InChI is InChI=1S/C7H7N3O/c1-9-3-2-6-4-8-5-10(6)7(9)11/h2-5H,1H3. The largest absolute Gasteiger partial charge is 0.333 e. The molecule has 11 heavy (non-hydrogen) atoms. The summed E-state index contributed by atoms with van der Waals surface area (Å²) in [6.07, 6.45) is 4.89. The lowest BCUT2D eigenvalue weighted by Gasteiger charge is -1.96. The number of imidazole rings is 1. The fraction of sp³-hybridized carbons (Fsp3) is 0.143. The molecule has 0 unspecified atom stereocenters. The first-order valence-electron chi connectivity index (χ1n) is 3.27. The van der Waals surface area contributed by atoms with E-state index < -0.39 is 0 Å². The Balaban J connectivity index is 3.05. The topological polar surface area (TPSA) is 39.3 Å². The number of rotatable bonds is 0. The van der Waals surface area contributed by atoms with Crippen LogP contribution < -0.4 is 5.69 Å². The lowest BCUT2D eigenvalue weighted by atomic mass is 10.5. The molecule has 0 bridgehead atoms. The highest BCUT2D eigenvalue weighted by Crippen LogP contribution is 1.94. The van der Waals surface area contributed by atoms with Crippen LogP contribution >= 0.6 is 0 Å². The third-order valence-corrected chi connectivity index (χ3v) is 1.64. The lowest BCUT2D eigenvalue weighted by Crippen LogP contribution is -2.22. The molecule has 0 atom stereocenters. The zero-order valence-corrected chi connectivity index (χ0v) is 6.06. The fourth-order valence-electron chi connectivity index (χ4n) is 1.01. The summed E-state index contributed by atoms with van der Waals surface area (Å²) in [4.78, 5) is 15.1. The van der Waals surface area contributed by atoms with E-state index in [1.807, 2.05) is 6.07 Å². The van der Waals surface area contributed by atoms with E-state index in [1.54, 1.807) is 19.4 Å². The predicted octanol–water partition coefficient (Wildman–Crippen LogP) is 0.0330. The van der Waals surface area contributed by atoms with Crippen LogP contribution in [0.15, 0.2) is 29.6 Å². The summed E-state index contributed by atoms with van der Waals surface area (Å²) in [7, 11) is 1.71. The van der Waals surface area contributed by atoms with Crippen LogP contribution in [0.2, 0.25) is 0 Å². The monoisotopic (exact) mass is 149 g/mol. The molecule has 2 aromatic heterocycles. The summed E-state index contributed by atoms with van der Waals surface area (Å²) in [5.41, 5.74) is 0.758. The summed E-state index contributed by atoms with van der Waals surface area (Å²) in [6.45, 7) is 0. The maximum atomic E-state index is 11.3. The maximum Gasteiger partial charge on any atom is 0.333 e. The number of fused-ring (bicyclic) bond motifs is 1. The van der Waals surface area contributed by atoms with E-state index in [1.165, 1.54) is 15.3 Å². The molecule has 0 saturated heterocycles. The van der Waals surface area contributed by atoms with Crippen molar-refractivity contribution in [2.75, 3.05) is 0 Å². The van der Waals surface area contributed by atoms with E-state index in [4.69, 9.17) is 0 Å². The highest BCUT2D eigenvalue weighted by molar-refractivity contribution is 5.42. The zero-order chi connectivity index (χ0) is 7.84. The minimum atomic E-state index is -0.0694. The SMILES string of the molecule is Cn1ccc2cncn2c1=O. The predicted molar refractivity (Wildman–Crippen MR) is 40.4 cm³/mol. The summed E-state index contributed by atoms with van der Waals surface area (Å²) >= 11 is 0. The molecule has 2 aromatic rings. The molecule has 0 aliphatic rings. The van der Waals surface area contributed by atoms with Gasteiger partial charge < -0.3 is 4.57 Å². The molecule has 0 aliphatic carbocycles. The van der Waals surface area contributed by atoms with Crippen LogP contribution in [0.1, 0.15) is 0 Å². The van der Waals surface area contributed by atoms with Gasteiger partial charge in [0.2, 0.25) is 0 Å². The molecular weight excluding hydrogens is 142 g/mol. The Morgan fingerprint density at radius 1 is 1.55 bits per heavy atom. The molecule has 0 aliphatic heterocycles. The van der Waals surface area contributed by atoms with Crippen molar-refractivity contribution in [2.24, 2.45) is 7.05 Å². The highest BCUT2D eigenvalue weighted by Gasteiger charge is 1.96. The Morgan fingerprint density at radius 3 is 3.18 bits per heavy atom. The first-order valence-corrected chi connectivity index (χ1v) is 3.27. The molecule has 0 fully saturated rings. The minimum Gasteiger partial charge on any atom is -0.303 e. The van der Waals surface area contributed by atoms with Crippen LogP contribution in [0.5, 0.6) is 0 Å². The zero-order valence-electron chi connectivity index (χ0n) is 6.06. The maximum absolute atomic E-state index is 11.3. The van der Waals surface area contributed by atoms with Gasteiger partial charge in [-0.05, 0) is 6.07 Å². The van der Waals surface area contributed by atoms with Crippen LogP contribution in [0.25, 0.3) is 5.52 Å². The van der Waals surface area contributed by atoms with Crippen molar-refractivity contribution in [1.29, 1.82) is 0 Å². The molecule has 0 aromatic carbocycles. The third-order valence-electron chi connectivity index (χ3n) is 1.64. The molecule has 4 heteroatoms. The van der Waals surface area contributed by atoms with Gasteiger partial charge in [0, 0.05) is 13.2 Å². The lowest BCUT2D eigenvalue weighted by molar-refractivity contribution is 0.788. The van der Waals surface area contributed by atoms with Gasteiger partial charge >= 0.3 is 5.69 Å². The summed E-state index contributed by atoms with van der Waals surface area (Å²) in [6, 6.07) is 1.84. The van der Waals surface area contributed by atoms with E-state index in [9.17, 15) is 4.79 Å². The molecule has 0 amide bonds. The molecular formula is C7H7N3O. The Morgan fingerprint density at radius 2 is 2.36 bits per heavy atom. The molecule has 4 nitrogen and oxygen atoms in total. The normalized spacial score (nSPS) is 10.6. The van der Waals surface area contributed by atoms with Gasteiger partial charge in [0.05, 0.1) is 11.7 Å². The molecule has 2 rings (SSSR count). The van der Waals surface area contributed by atoms with Gasteiger partial charge in [-0.1, -0.05) is 0 Å². The Hall–Kier alpha value is -1.58. The molecule has 0 N–H and O–H groups in total. The quantitative estimate of drug-likeness (QED) is 0.530. The van der Waals surface area contributed by atoms with Gasteiger partial charge in [-0.3, -0.25) is 4.40 Å². The van der Waals surface area contributed by atoms with Gasteiger partial charge in [0.25, 0.3) is 0 Å². The van der Waals surface area contributed by atoms with Crippen molar-refractivity contribution in [2.45, 2.75) is 0 Å². The molecule has 0 radical (unpaired) electrons. The Kier molecular flexibility index (Phi) is 1.09. The average Bonchev–Trinajstić information content (AvgIpc) is 2.45. The van der Waals surface area contributed by atoms with E-state index >= 15 is 0 Å².